The number of rotatable bonds is 0. The molecule has 0 aromatic heterocycles. The van der Waals surface area contributed by atoms with Crippen LogP contribution in [0.25, 0.3) is 0 Å². The predicted octanol–water partition coefficient (Wildman–Crippen LogP) is 2.39. The summed E-state index contributed by atoms with van der Waals surface area (Å²) >= 11 is 5.73. The summed E-state index contributed by atoms with van der Waals surface area (Å²) in [6.07, 6.45) is 0. The maximum Gasteiger partial charge on any atom is 0.346 e. The highest BCUT2D eigenvalue weighted by Gasteiger charge is 2.08. The lowest BCUT2D eigenvalue weighted by molar-refractivity contribution is 0.234. The first-order chi connectivity index (χ1) is 3.55. The third-order valence-electron chi connectivity index (χ3n) is 0.408. The summed E-state index contributed by atoms with van der Waals surface area (Å²) in [7, 11) is 1.70. The molecule has 0 aliphatic rings. The number of nitrogens with zero attached hydrogens (tertiary/aromatic N) is 2. The van der Waals surface area contributed by atoms with Crippen molar-refractivity contribution in [3.05, 3.63) is 0 Å². The van der Waals surface area contributed by atoms with Gasteiger partial charge in [-0.15, -0.1) is 0 Å². The van der Waals surface area contributed by atoms with Gasteiger partial charge in [0.2, 0.25) is 0 Å². The van der Waals surface area contributed by atoms with Gasteiger partial charge in [0.25, 0.3) is 0 Å². The minimum Gasteiger partial charge on any atom is -0.269 e. The lowest BCUT2D eigenvalue weighted by atomic mass is 11.0. The molecule has 0 aromatic carbocycles. The monoisotopic (exact) mass is 452 g/mol. The van der Waals surface area contributed by atoms with E-state index in [2.05, 4.69) is 0 Å². The van der Waals surface area contributed by atoms with Gasteiger partial charge in [-0.1, -0.05) is 0 Å². The fourth-order valence-electron chi connectivity index (χ4n) is 0.104. The summed E-state index contributed by atoms with van der Waals surface area (Å²) in [5.74, 6) is 0. The molecule has 3 nitrogen and oxygen atoms in total. The molecule has 0 saturated heterocycles. The standard InChI is InChI=1S/C2H3I3N2O/c1-6(3)2(8)7(4)5/h1H3. The number of urea groups is 1. The van der Waals surface area contributed by atoms with Gasteiger partial charge in [0, 0.05) is 7.05 Å². The van der Waals surface area contributed by atoms with Crippen molar-refractivity contribution in [3.63, 3.8) is 0 Å². The number of halogens is 3. The van der Waals surface area contributed by atoms with Gasteiger partial charge in [0.1, 0.15) is 0 Å². The van der Waals surface area contributed by atoms with Crippen molar-refractivity contribution in [1.82, 2.24) is 4.44 Å². The highest BCUT2D eigenvalue weighted by Crippen LogP contribution is 2.12. The van der Waals surface area contributed by atoms with Crippen LogP contribution in [0.4, 0.5) is 4.79 Å². The Labute approximate surface area is 89.6 Å². The highest BCUT2D eigenvalue weighted by molar-refractivity contribution is 14.2. The van der Waals surface area contributed by atoms with E-state index >= 15 is 0 Å². The topological polar surface area (TPSA) is 23.6 Å². The van der Waals surface area contributed by atoms with Crippen LogP contribution in [-0.2, 0) is 0 Å². The maximum atomic E-state index is 10.7. The van der Waals surface area contributed by atoms with Crippen molar-refractivity contribution in [2.45, 2.75) is 0 Å². The molecule has 0 heterocycles. The lowest BCUT2D eigenvalue weighted by Crippen LogP contribution is -2.21. The van der Waals surface area contributed by atoms with Crippen molar-refractivity contribution in [1.29, 1.82) is 0 Å². The number of amides is 2. The molecule has 0 atom stereocenters. The molecule has 2 amide bonds. The van der Waals surface area contributed by atoms with E-state index in [9.17, 15) is 4.79 Å². The quantitative estimate of drug-likeness (QED) is 0.410. The van der Waals surface area contributed by atoms with Crippen LogP contribution in [0.15, 0.2) is 0 Å². The third kappa shape index (κ3) is 3.48. The first-order valence-electron chi connectivity index (χ1n) is 1.61. The van der Waals surface area contributed by atoms with E-state index in [1.165, 1.54) is 4.44 Å². The van der Waals surface area contributed by atoms with Crippen molar-refractivity contribution in [2.75, 3.05) is 7.05 Å². The van der Waals surface area contributed by atoms with Gasteiger partial charge in [-0.05, 0) is 0 Å². The Morgan fingerprint density at radius 3 is 1.75 bits per heavy atom. The summed E-state index contributed by atoms with van der Waals surface area (Å²) in [5, 5.41) is 0. The minimum atomic E-state index is -0.0215. The fourth-order valence-corrected chi connectivity index (χ4v) is 1.79. The molecule has 0 unspecified atom stereocenters. The normalized spacial score (nSPS) is 8.50. The average Bonchev–Trinajstić information content (AvgIpc) is 1.64. The zero-order chi connectivity index (χ0) is 6.73. The molecule has 0 saturated carbocycles. The molecule has 0 radical (unpaired) electrons. The number of hydrogen-bond donors (Lipinski definition) is 0. The molecule has 0 rings (SSSR count). The molecule has 0 aliphatic heterocycles. The van der Waals surface area contributed by atoms with Crippen molar-refractivity contribution in [3.8, 4) is 0 Å². The van der Waals surface area contributed by atoms with Gasteiger partial charge in [-0.2, -0.15) is 0 Å². The zero-order valence-electron chi connectivity index (χ0n) is 3.94. The van der Waals surface area contributed by atoms with Crippen LogP contribution < -0.4 is 0 Å². The largest absolute Gasteiger partial charge is 0.346 e. The average molecular weight is 452 g/mol. The van der Waals surface area contributed by atoms with Crippen molar-refractivity contribution in [2.24, 2.45) is 0 Å². The summed E-state index contributed by atoms with van der Waals surface area (Å²) in [6, 6.07) is -0.0215. The summed E-state index contributed by atoms with van der Waals surface area (Å²) in [6.45, 7) is 0. The summed E-state index contributed by atoms with van der Waals surface area (Å²) in [4.78, 5) is 10.7. The van der Waals surface area contributed by atoms with Gasteiger partial charge < -0.3 is 0 Å². The molecular weight excluding hydrogens is 449 g/mol. The predicted molar refractivity (Wildman–Crippen MR) is 57.1 cm³/mol. The van der Waals surface area contributed by atoms with Crippen molar-refractivity contribution >= 4 is 74.6 Å². The molecule has 0 aliphatic carbocycles. The fraction of sp³-hybridized carbons (Fsp3) is 0.500. The van der Waals surface area contributed by atoms with Gasteiger partial charge in [-0.25, -0.2) is 6.12 Å². The first kappa shape index (κ1) is 9.46. The van der Waals surface area contributed by atoms with E-state index in [-0.39, 0.29) is 6.03 Å². The SMILES string of the molecule is CN(I)C(=O)N(I)I. The van der Waals surface area contributed by atoms with E-state index in [0.717, 1.165) is 0 Å². The second-order valence-corrected chi connectivity index (χ2v) is 6.22. The molecule has 0 aromatic rings. The summed E-state index contributed by atoms with van der Waals surface area (Å²) < 4.78 is 2.94. The first-order valence-corrected chi connectivity index (χ1v) is 4.50. The lowest BCUT2D eigenvalue weighted by Gasteiger charge is -2.09. The molecular formula is C2H3I3N2O. The minimum absolute atomic E-state index is 0.0215. The molecule has 8 heavy (non-hydrogen) atoms. The maximum absolute atomic E-state index is 10.7. The van der Waals surface area contributed by atoms with Crippen LogP contribution in [-0.4, -0.2) is 17.5 Å². The van der Waals surface area contributed by atoms with Crippen LogP contribution in [0.2, 0.25) is 0 Å². The van der Waals surface area contributed by atoms with Gasteiger partial charge in [0.15, 0.2) is 0 Å². The number of hydrogen-bond acceptors (Lipinski definition) is 1. The second kappa shape index (κ2) is 4.30. The van der Waals surface area contributed by atoms with Crippen LogP contribution >= 0.6 is 68.6 Å². The molecule has 0 fully saturated rings. The Morgan fingerprint density at radius 1 is 1.38 bits per heavy atom. The molecule has 0 N–H and O–H groups in total. The van der Waals surface area contributed by atoms with Crippen LogP contribution in [0, 0.1) is 0 Å². The van der Waals surface area contributed by atoms with E-state index in [1.807, 2.05) is 68.6 Å². The Morgan fingerprint density at radius 2 is 1.75 bits per heavy atom. The highest BCUT2D eigenvalue weighted by atomic mass is 127. The number of carbonyl (C=O) groups is 1. The van der Waals surface area contributed by atoms with Gasteiger partial charge in [0.05, 0.1) is 68.6 Å². The van der Waals surface area contributed by atoms with Gasteiger partial charge in [-0.3, -0.25) is 3.11 Å². The van der Waals surface area contributed by atoms with Crippen LogP contribution in [0.1, 0.15) is 0 Å². The molecule has 0 spiro atoms. The molecule has 0 bridgehead atoms. The van der Waals surface area contributed by atoms with Crippen LogP contribution in [0.3, 0.4) is 0 Å². The smallest absolute Gasteiger partial charge is 0.269 e. The number of carbonyl (C=O) groups excluding carboxylic acids is 1. The second-order valence-electron chi connectivity index (χ2n) is 0.993. The van der Waals surface area contributed by atoms with E-state index in [4.69, 9.17) is 0 Å². The van der Waals surface area contributed by atoms with Gasteiger partial charge >= 0.3 is 6.03 Å². The Bertz CT molecular complexity index is 83.3. The zero-order valence-corrected chi connectivity index (χ0v) is 10.4. The van der Waals surface area contributed by atoms with Crippen LogP contribution in [0.5, 0.6) is 0 Å². The Balaban J connectivity index is 3.65. The van der Waals surface area contributed by atoms with E-state index in [0.29, 0.717) is 0 Å². The third-order valence-corrected chi connectivity index (χ3v) is 1.65. The molecule has 48 valence electrons. The Kier molecular flexibility index (Phi) is 5.09. The van der Waals surface area contributed by atoms with E-state index in [1.54, 1.807) is 7.05 Å². The Hall–Kier alpha value is 1.46. The van der Waals surface area contributed by atoms with E-state index < -0.39 is 0 Å². The molecule has 6 heteroatoms. The van der Waals surface area contributed by atoms with Crippen molar-refractivity contribution < 1.29 is 4.79 Å². The summed E-state index contributed by atoms with van der Waals surface area (Å²) in [5.41, 5.74) is 0.